The maximum atomic E-state index is 6.34. The third-order valence-electron chi connectivity index (χ3n) is 11.2. The molecule has 6 nitrogen and oxygen atoms in total. The first-order valence-electron chi connectivity index (χ1n) is 18.8. The Morgan fingerprint density at radius 3 is 1.48 bits per heavy atom. The predicted molar refractivity (Wildman–Crippen MR) is 228 cm³/mol. The molecule has 6 heteroatoms. The smallest absolute Gasteiger partial charge is 0.168 e. The predicted octanol–water partition coefficient (Wildman–Crippen LogP) is 12.7. The van der Waals surface area contributed by atoms with E-state index in [-0.39, 0.29) is 0 Å². The molecule has 0 saturated carbocycles. The number of para-hydroxylation sites is 3. The van der Waals surface area contributed by atoms with Gasteiger partial charge >= 0.3 is 0 Å². The lowest BCUT2D eigenvalue weighted by molar-refractivity contribution is 0.669. The summed E-state index contributed by atoms with van der Waals surface area (Å²) in [5.41, 5.74) is 11.6. The topological polar surface area (TPSA) is 53.7 Å². The van der Waals surface area contributed by atoms with Crippen molar-refractivity contribution in [2.75, 3.05) is 0 Å². The fourth-order valence-corrected chi connectivity index (χ4v) is 8.69. The minimum absolute atomic E-state index is 0.798. The van der Waals surface area contributed by atoms with Gasteiger partial charge in [-0.25, -0.2) is 0 Å². The molecule has 0 unspecified atom stereocenters. The van der Waals surface area contributed by atoms with Crippen LogP contribution >= 0.6 is 0 Å². The van der Waals surface area contributed by atoms with Crippen molar-refractivity contribution in [1.29, 1.82) is 0 Å². The Bertz CT molecular complexity index is 3420. The molecule has 0 amide bonds. The second-order valence-corrected chi connectivity index (χ2v) is 14.3. The van der Waals surface area contributed by atoms with Crippen LogP contribution in [0.5, 0.6) is 0 Å². The highest BCUT2D eigenvalue weighted by atomic mass is 16.3. The number of benzene rings is 8. The molecule has 0 radical (unpaired) electrons. The third kappa shape index (κ3) is 4.50. The van der Waals surface area contributed by atoms with Crippen LogP contribution in [-0.4, -0.2) is 23.9 Å². The zero-order chi connectivity index (χ0) is 36.7. The van der Waals surface area contributed by atoms with Gasteiger partial charge in [0.2, 0.25) is 0 Å². The Morgan fingerprint density at radius 2 is 0.821 bits per heavy atom. The van der Waals surface area contributed by atoms with Gasteiger partial charge in [-0.05, 0) is 66.7 Å². The van der Waals surface area contributed by atoms with Gasteiger partial charge in [0.1, 0.15) is 11.2 Å². The molecule has 0 aliphatic rings. The van der Waals surface area contributed by atoms with E-state index in [0.717, 1.165) is 89.2 Å². The van der Waals surface area contributed by atoms with E-state index in [2.05, 4.69) is 153 Å². The number of furan rings is 1. The minimum Gasteiger partial charge on any atom is -0.456 e. The monoisotopic (exact) mass is 717 g/mol. The van der Waals surface area contributed by atoms with Crippen molar-refractivity contribution in [2.24, 2.45) is 0 Å². The summed E-state index contributed by atoms with van der Waals surface area (Å²) in [7, 11) is 0. The van der Waals surface area contributed by atoms with Crippen LogP contribution in [0.3, 0.4) is 0 Å². The summed E-state index contributed by atoms with van der Waals surface area (Å²) in [6.45, 7) is 0. The van der Waals surface area contributed by atoms with Crippen LogP contribution < -0.4 is 0 Å². The molecule has 0 N–H and O–H groups in total. The maximum Gasteiger partial charge on any atom is 0.168 e. The van der Waals surface area contributed by atoms with E-state index in [1.807, 2.05) is 48.5 Å². The summed E-state index contributed by atoms with van der Waals surface area (Å²) in [4.78, 5) is 0. The van der Waals surface area contributed by atoms with Gasteiger partial charge in [0.15, 0.2) is 11.6 Å². The van der Waals surface area contributed by atoms with E-state index in [0.29, 0.717) is 0 Å². The van der Waals surface area contributed by atoms with Crippen molar-refractivity contribution in [3.05, 3.63) is 188 Å². The number of nitrogens with zero attached hydrogens (tertiary/aromatic N) is 5. The highest BCUT2D eigenvalue weighted by Crippen LogP contribution is 2.40. The van der Waals surface area contributed by atoms with E-state index in [1.54, 1.807) is 0 Å². The third-order valence-corrected chi connectivity index (χ3v) is 11.2. The fourth-order valence-electron chi connectivity index (χ4n) is 8.69. The Morgan fingerprint density at radius 1 is 0.304 bits per heavy atom. The molecule has 0 fully saturated rings. The molecule has 0 aliphatic carbocycles. The average molecular weight is 718 g/mol. The summed E-state index contributed by atoms with van der Waals surface area (Å²) in [5.74, 6) is 1.60. The number of rotatable bonds is 5. The first-order valence-corrected chi connectivity index (χ1v) is 18.8. The van der Waals surface area contributed by atoms with E-state index in [4.69, 9.17) is 14.6 Å². The fraction of sp³-hybridized carbons (Fsp3) is 0. The Hall–Kier alpha value is -7.70. The lowest BCUT2D eigenvalue weighted by Crippen LogP contribution is -2.01. The van der Waals surface area contributed by atoms with Gasteiger partial charge < -0.3 is 13.6 Å². The molecule has 0 atom stereocenters. The zero-order valence-electron chi connectivity index (χ0n) is 30.0. The van der Waals surface area contributed by atoms with E-state index in [9.17, 15) is 0 Å². The van der Waals surface area contributed by atoms with E-state index in [1.165, 1.54) is 16.2 Å². The zero-order valence-corrected chi connectivity index (χ0v) is 30.0. The quantitative estimate of drug-likeness (QED) is 0.178. The van der Waals surface area contributed by atoms with Crippen LogP contribution in [0.15, 0.2) is 192 Å². The van der Waals surface area contributed by atoms with Crippen LogP contribution in [-0.2, 0) is 0 Å². The molecule has 0 bridgehead atoms. The van der Waals surface area contributed by atoms with Crippen LogP contribution in [0.2, 0.25) is 0 Å². The molecule has 0 saturated heterocycles. The summed E-state index contributed by atoms with van der Waals surface area (Å²) < 4.78 is 13.3. The first kappa shape index (κ1) is 30.7. The van der Waals surface area contributed by atoms with E-state index >= 15 is 0 Å². The second kappa shape index (κ2) is 11.9. The molecular weight excluding hydrogens is 687 g/mol. The molecule has 8 aromatic carbocycles. The molecule has 262 valence electrons. The van der Waals surface area contributed by atoms with Gasteiger partial charge in [0.05, 0.1) is 27.8 Å². The average Bonchev–Trinajstić information content (AvgIpc) is 4.03. The van der Waals surface area contributed by atoms with Gasteiger partial charge in [0, 0.05) is 54.8 Å². The van der Waals surface area contributed by atoms with Crippen LogP contribution in [0, 0.1) is 0 Å². The highest BCUT2D eigenvalue weighted by Gasteiger charge is 2.21. The standard InChI is InChI=1S/C50H31N5O/c1-3-14-32(15-4-1)49-51-52-50(33-16-5-2-6-17-33)55(49)36-26-27-45-40(29-36)37-20-7-10-23-43(37)53(45)34-18-13-19-35(28-34)54-44-24-11-8-21-38(44)41-31-48-42(30-46(41)54)39-22-9-12-25-47(39)56-48/h1-31H. The van der Waals surface area contributed by atoms with Crippen molar-refractivity contribution >= 4 is 65.6 Å². The lowest BCUT2D eigenvalue weighted by atomic mass is 10.1. The van der Waals surface area contributed by atoms with Gasteiger partial charge in [-0.15, -0.1) is 10.2 Å². The van der Waals surface area contributed by atoms with Crippen LogP contribution in [0.4, 0.5) is 0 Å². The Balaban J connectivity index is 1.07. The summed E-state index contributed by atoms with van der Waals surface area (Å²) in [6.07, 6.45) is 0. The summed E-state index contributed by atoms with van der Waals surface area (Å²) in [6, 6.07) is 66.3. The van der Waals surface area contributed by atoms with E-state index < -0.39 is 0 Å². The van der Waals surface area contributed by atoms with Crippen molar-refractivity contribution in [3.8, 4) is 39.8 Å². The number of hydrogen-bond donors (Lipinski definition) is 0. The summed E-state index contributed by atoms with van der Waals surface area (Å²) >= 11 is 0. The highest BCUT2D eigenvalue weighted by molar-refractivity contribution is 6.17. The normalized spacial score (nSPS) is 11.9. The molecule has 4 aromatic heterocycles. The SMILES string of the molecule is c1ccc(-c2nnc(-c3ccccc3)n2-c2ccc3c(c2)c2ccccc2n3-c2cccc(-n3c4ccccc4c4cc5oc6ccccc6c5cc43)c2)cc1. The minimum atomic E-state index is 0.798. The van der Waals surface area contributed by atoms with Crippen LogP contribution in [0.25, 0.3) is 105 Å². The van der Waals surface area contributed by atoms with Gasteiger partial charge in [-0.2, -0.15) is 0 Å². The maximum absolute atomic E-state index is 6.34. The molecule has 12 rings (SSSR count). The van der Waals surface area contributed by atoms with Crippen molar-refractivity contribution in [3.63, 3.8) is 0 Å². The molecule has 0 aliphatic heterocycles. The number of hydrogen-bond acceptors (Lipinski definition) is 3. The van der Waals surface area contributed by atoms with Gasteiger partial charge in [-0.3, -0.25) is 4.57 Å². The summed E-state index contributed by atoms with van der Waals surface area (Å²) in [5, 5.41) is 16.4. The Kier molecular flexibility index (Phi) is 6.53. The number of aromatic nitrogens is 5. The van der Waals surface area contributed by atoms with Crippen molar-refractivity contribution in [2.45, 2.75) is 0 Å². The molecule has 12 aromatic rings. The second-order valence-electron chi connectivity index (χ2n) is 14.3. The Labute approximate surface area is 320 Å². The molecule has 56 heavy (non-hydrogen) atoms. The van der Waals surface area contributed by atoms with Crippen LogP contribution in [0.1, 0.15) is 0 Å². The first-order chi connectivity index (χ1) is 27.8. The lowest BCUT2D eigenvalue weighted by Gasteiger charge is -2.14. The largest absolute Gasteiger partial charge is 0.456 e. The number of fused-ring (bicyclic) bond motifs is 9. The van der Waals surface area contributed by atoms with Crippen molar-refractivity contribution in [1.82, 2.24) is 23.9 Å². The molecule has 4 heterocycles. The van der Waals surface area contributed by atoms with Gasteiger partial charge in [0.25, 0.3) is 0 Å². The van der Waals surface area contributed by atoms with Gasteiger partial charge in [-0.1, -0.05) is 121 Å². The molecular formula is C50H31N5O. The van der Waals surface area contributed by atoms with Crippen molar-refractivity contribution < 1.29 is 4.42 Å². The molecule has 0 spiro atoms.